The fraction of sp³-hybridized carbons (Fsp3) is 0.111. The van der Waals surface area contributed by atoms with Gasteiger partial charge >= 0.3 is 0 Å². The van der Waals surface area contributed by atoms with Gasteiger partial charge in [0, 0.05) is 11.6 Å². The van der Waals surface area contributed by atoms with E-state index in [2.05, 4.69) is 63.0 Å². The average Bonchev–Trinajstić information content (AvgIpc) is 2.35. The summed E-state index contributed by atoms with van der Waals surface area (Å²) in [6.07, 6.45) is 2.08. The molecule has 0 saturated carbocycles. The van der Waals surface area contributed by atoms with Crippen LogP contribution in [0.1, 0.15) is 5.56 Å². The summed E-state index contributed by atoms with van der Waals surface area (Å²) in [5.74, 6) is 0. The highest BCUT2D eigenvalue weighted by atomic mass is 127. The zero-order chi connectivity index (χ0) is 7.84. The lowest BCUT2D eigenvalue weighted by molar-refractivity contribution is 1.42. The van der Waals surface area contributed by atoms with Crippen LogP contribution in [0.2, 0.25) is 0 Å². The van der Waals surface area contributed by atoms with Gasteiger partial charge in [-0.2, -0.15) is 0 Å². The summed E-state index contributed by atoms with van der Waals surface area (Å²) in [4.78, 5) is 0. The fourth-order valence-electron chi connectivity index (χ4n) is 1.29. The summed E-state index contributed by atoms with van der Waals surface area (Å²) >= 11 is 2.29. The number of hydrogen-bond donors (Lipinski definition) is 0. The average molecular weight is 257 g/mol. The van der Waals surface area contributed by atoms with Crippen LogP contribution in [0.25, 0.3) is 10.9 Å². The van der Waals surface area contributed by atoms with E-state index in [1.165, 1.54) is 16.5 Å². The second kappa shape index (κ2) is 2.52. The maximum absolute atomic E-state index is 2.29. The molecule has 1 heterocycles. The number of fused-ring (bicyclic) bond motifs is 1. The minimum Gasteiger partial charge on any atom is -0.290 e. The van der Waals surface area contributed by atoms with Crippen molar-refractivity contribution in [3.05, 3.63) is 36.0 Å². The maximum Gasteiger partial charge on any atom is 0.0640 e. The van der Waals surface area contributed by atoms with Gasteiger partial charge in [0.05, 0.1) is 28.4 Å². The molecule has 0 aliphatic carbocycles. The predicted octanol–water partition coefficient (Wildman–Crippen LogP) is 3.15. The third kappa shape index (κ3) is 1.05. The monoisotopic (exact) mass is 257 g/mol. The first-order valence-electron chi connectivity index (χ1n) is 3.52. The molecule has 56 valence electrons. The standard InChI is InChI=1S/C9H8IN/c1-7-3-2-4-9-8(7)5-6-11(9)10/h2-6H,1H3. The third-order valence-electron chi connectivity index (χ3n) is 1.90. The highest BCUT2D eigenvalue weighted by Crippen LogP contribution is 2.20. The van der Waals surface area contributed by atoms with Crippen LogP contribution >= 0.6 is 22.9 Å². The summed E-state index contributed by atoms with van der Waals surface area (Å²) in [6, 6.07) is 8.51. The van der Waals surface area contributed by atoms with E-state index >= 15 is 0 Å². The van der Waals surface area contributed by atoms with Crippen molar-refractivity contribution >= 4 is 33.8 Å². The highest BCUT2D eigenvalue weighted by Gasteiger charge is 1.98. The lowest BCUT2D eigenvalue weighted by Crippen LogP contribution is -1.76. The van der Waals surface area contributed by atoms with E-state index in [1.807, 2.05) is 0 Å². The smallest absolute Gasteiger partial charge is 0.0640 e. The molecule has 11 heavy (non-hydrogen) atoms. The summed E-state index contributed by atoms with van der Waals surface area (Å²) in [5.41, 5.74) is 2.64. The van der Waals surface area contributed by atoms with Gasteiger partial charge in [-0.05, 0) is 24.6 Å². The van der Waals surface area contributed by atoms with Crippen LogP contribution in [-0.2, 0) is 0 Å². The van der Waals surface area contributed by atoms with Crippen molar-refractivity contribution in [2.75, 3.05) is 0 Å². The van der Waals surface area contributed by atoms with Gasteiger partial charge in [-0.1, -0.05) is 12.1 Å². The van der Waals surface area contributed by atoms with E-state index in [9.17, 15) is 0 Å². The Morgan fingerprint density at radius 1 is 1.27 bits per heavy atom. The minimum absolute atomic E-state index is 1.30. The van der Waals surface area contributed by atoms with Gasteiger partial charge in [0.1, 0.15) is 0 Å². The zero-order valence-electron chi connectivity index (χ0n) is 6.21. The van der Waals surface area contributed by atoms with Crippen LogP contribution in [0.3, 0.4) is 0 Å². The van der Waals surface area contributed by atoms with Crippen LogP contribution in [-0.4, -0.2) is 2.78 Å². The molecule has 2 heteroatoms. The lowest BCUT2D eigenvalue weighted by Gasteiger charge is -1.95. The number of rotatable bonds is 0. The molecule has 1 nitrogen and oxygen atoms in total. The van der Waals surface area contributed by atoms with Crippen molar-refractivity contribution in [1.29, 1.82) is 0 Å². The van der Waals surface area contributed by atoms with Crippen molar-refractivity contribution in [3.8, 4) is 0 Å². The van der Waals surface area contributed by atoms with Gasteiger partial charge < -0.3 is 0 Å². The molecule has 2 aromatic rings. The largest absolute Gasteiger partial charge is 0.290 e. The Balaban J connectivity index is 2.94. The number of hydrogen-bond acceptors (Lipinski definition) is 0. The lowest BCUT2D eigenvalue weighted by atomic mass is 10.1. The summed E-state index contributed by atoms with van der Waals surface area (Å²) in [5, 5.41) is 1.35. The Hall–Kier alpha value is -0.510. The number of nitrogens with zero attached hydrogens (tertiary/aromatic N) is 1. The molecule has 0 radical (unpaired) electrons. The van der Waals surface area contributed by atoms with E-state index in [0.29, 0.717) is 0 Å². The molecule has 0 bridgehead atoms. The topological polar surface area (TPSA) is 4.93 Å². The zero-order valence-corrected chi connectivity index (χ0v) is 8.37. The summed E-state index contributed by atoms with van der Waals surface area (Å²) in [6.45, 7) is 2.14. The molecule has 0 atom stereocenters. The van der Waals surface area contributed by atoms with E-state index in [1.54, 1.807) is 0 Å². The van der Waals surface area contributed by atoms with E-state index in [0.717, 1.165) is 0 Å². The van der Waals surface area contributed by atoms with E-state index < -0.39 is 0 Å². The molecular formula is C9H8IN. The molecule has 0 amide bonds. The second-order valence-corrected chi connectivity index (χ2v) is 3.67. The SMILES string of the molecule is Cc1cccc2c1ccn2I. The number of halogens is 1. The first kappa shape index (κ1) is 7.16. The van der Waals surface area contributed by atoms with Crippen LogP contribution in [0.4, 0.5) is 0 Å². The normalized spacial score (nSPS) is 10.7. The van der Waals surface area contributed by atoms with Crippen LogP contribution in [0, 0.1) is 6.92 Å². The Morgan fingerprint density at radius 2 is 2.09 bits per heavy atom. The van der Waals surface area contributed by atoms with Crippen molar-refractivity contribution in [2.24, 2.45) is 0 Å². The minimum atomic E-state index is 1.30. The number of benzene rings is 1. The highest BCUT2D eigenvalue weighted by molar-refractivity contribution is 14.1. The molecule has 0 fully saturated rings. The van der Waals surface area contributed by atoms with Crippen LogP contribution in [0.5, 0.6) is 0 Å². The van der Waals surface area contributed by atoms with Crippen molar-refractivity contribution in [1.82, 2.24) is 2.78 Å². The first-order valence-corrected chi connectivity index (χ1v) is 4.48. The first-order chi connectivity index (χ1) is 5.29. The molecule has 0 saturated heterocycles. The fourth-order valence-corrected chi connectivity index (χ4v) is 1.87. The molecule has 2 rings (SSSR count). The Morgan fingerprint density at radius 3 is 2.82 bits per heavy atom. The molecule has 0 N–H and O–H groups in total. The van der Waals surface area contributed by atoms with Crippen molar-refractivity contribution in [3.63, 3.8) is 0 Å². The predicted molar refractivity (Wildman–Crippen MR) is 56.1 cm³/mol. The number of aryl methyl sites for hydroxylation is 1. The van der Waals surface area contributed by atoms with Gasteiger partial charge in [0.25, 0.3) is 0 Å². The molecule has 0 aliphatic heterocycles. The van der Waals surface area contributed by atoms with Gasteiger partial charge in [-0.3, -0.25) is 2.78 Å². The third-order valence-corrected chi connectivity index (χ3v) is 2.74. The second-order valence-electron chi connectivity index (χ2n) is 2.63. The molecule has 0 spiro atoms. The number of aromatic nitrogens is 1. The Bertz CT molecular complexity index is 389. The summed E-state index contributed by atoms with van der Waals surface area (Å²) < 4.78 is 2.11. The molecule has 0 unspecified atom stereocenters. The van der Waals surface area contributed by atoms with E-state index in [-0.39, 0.29) is 0 Å². The molecule has 1 aromatic carbocycles. The van der Waals surface area contributed by atoms with Gasteiger partial charge in [-0.15, -0.1) is 0 Å². The Labute approximate surface area is 79.5 Å². The van der Waals surface area contributed by atoms with Crippen LogP contribution in [0.15, 0.2) is 30.5 Å². The maximum atomic E-state index is 2.29. The Kier molecular flexibility index (Phi) is 1.64. The molecule has 1 aromatic heterocycles. The summed E-state index contributed by atoms with van der Waals surface area (Å²) in [7, 11) is 0. The quantitative estimate of drug-likeness (QED) is 0.639. The van der Waals surface area contributed by atoms with Crippen molar-refractivity contribution in [2.45, 2.75) is 6.92 Å². The molecular weight excluding hydrogens is 249 g/mol. The van der Waals surface area contributed by atoms with Crippen LogP contribution < -0.4 is 0 Å². The molecule has 0 aliphatic rings. The van der Waals surface area contributed by atoms with Gasteiger partial charge in [0.15, 0.2) is 0 Å². The van der Waals surface area contributed by atoms with Gasteiger partial charge in [-0.25, -0.2) is 0 Å². The van der Waals surface area contributed by atoms with Crippen molar-refractivity contribution < 1.29 is 0 Å². The van der Waals surface area contributed by atoms with Gasteiger partial charge in [0.2, 0.25) is 0 Å². The van der Waals surface area contributed by atoms with E-state index in [4.69, 9.17) is 0 Å².